The predicted octanol–water partition coefficient (Wildman–Crippen LogP) is 16.4. The minimum Gasteiger partial charge on any atom is -0.396 e. The lowest BCUT2D eigenvalue weighted by molar-refractivity contribution is 0.660. The molecule has 340 valence electrons. The van der Waals surface area contributed by atoms with Crippen LogP contribution in [-0.2, 0) is 17.3 Å². The summed E-state index contributed by atoms with van der Waals surface area (Å²) in [6, 6.07) is 57.1. The highest BCUT2D eigenvalue weighted by atomic mass is 14.7. The number of fused-ring (bicyclic) bond motifs is 8. The number of nitrogens with two attached hydrogens (primary N) is 2. The number of aromatic nitrogens is 1. The lowest BCUT2D eigenvalue weighted by Gasteiger charge is -2.24. The summed E-state index contributed by atoms with van der Waals surface area (Å²) in [6.45, 7) is 12.1. The van der Waals surface area contributed by atoms with Crippen molar-refractivity contribution < 1.29 is 0 Å². The maximum absolute atomic E-state index is 6.62. The molecule has 8 aromatic carbocycles. The summed E-state index contributed by atoms with van der Waals surface area (Å²) in [6.07, 6.45) is 14.1. The first kappa shape index (κ1) is 43.4. The topological polar surface area (TPSA) is 77.3 Å². The van der Waals surface area contributed by atoms with Crippen LogP contribution in [0.5, 0.6) is 0 Å². The quantitative estimate of drug-likeness (QED) is 0.149. The molecule has 0 fully saturated rings. The zero-order valence-corrected chi connectivity index (χ0v) is 40.6. The second-order valence-electron chi connectivity index (χ2n) is 20.3. The molecular formula is C66H56N4. The van der Waals surface area contributed by atoms with Crippen LogP contribution in [0.15, 0.2) is 175 Å². The molecule has 4 N–H and O–H groups in total. The number of anilines is 1. The zero-order chi connectivity index (χ0) is 47.9. The molecule has 0 spiro atoms. The van der Waals surface area contributed by atoms with E-state index in [1.165, 1.54) is 94.6 Å². The number of hydrogen-bond acceptors (Lipinski definition) is 4. The summed E-state index contributed by atoms with van der Waals surface area (Å²) in [4.78, 5) is 9.41. The van der Waals surface area contributed by atoms with Gasteiger partial charge < -0.3 is 11.5 Å². The first-order valence-electron chi connectivity index (χ1n) is 24.7. The van der Waals surface area contributed by atoms with Crippen LogP contribution in [0.4, 0.5) is 11.4 Å². The number of allylic oxidation sites excluding steroid dienone is 1. The van der Waals surface area contributed by atoms with Crippen LogP contribution in [0.2, 0.25) is 0 Å². The second-order valence-corrected chi connectivity index (χ2v) is 20.3. The van der Waals surface area contributed by atoms with Crippen LogP contribution >= 0.6 is 0 Å². The van der Waals surface area contributed by atoms with Gasteiger partial charge in [-0.3, -0.25) is 9.98 Å². The fourth-order valence-electron chi connectivity index (χ4n) is 11.7. The molecule has 4 heteroatoms. The summed E-state index contributed by atoms with van der Waals surface area (Å²) in [7, 11) is 0. The monoisotopic (exact) mass is 904 g/mol. The van der Waals surface area contributed by atoms with Gasteiger partial charge in [0.05, 0.1) is 16.9 Å². The highest BCUT2D eigenvalue weighted by molar-refractivity contribution is 6.04. The van der Waals surface area contributed by atoms with E-state index in [0.717, 1.165) is 51.7 Å². The van der Waals surface area contributed by atoms with Gasteiger partial charge >= 0.3 is 0 Å². The van der Waals surface area contributed by atoms with E-state index in [0.29, 0.717) is 12.2 Å². The van der Waals surface area contributed by atoms with Crippen LogP contribution in [0.3, 0.4) is 0 Å². The minimum absolute atomic E-state index is 0.180. The SMILES string of the molecule is C/C=C\c1cc(-c2cccc(-c3ccc4c(c3)C(C)(C)c3cc(-c5ccc6c(c5)C(C)(C)c5cc(-c7cccc(-c8cc9c(cc8/C=C\CN)N=CCC9)c7)ccc5-6)ccc3-4)c2)c2cccnc2c1N. The molecule has 2 heterocycles. The highest BCUT2D eigenvalue weighted by Crippen LogP contribution is 2.53. The maximum atomic E-state index is 6.62. The van der Waals surface area contributed by atoms with Crippen molar-refractivity contribution in [2.75, 3.05) is 12.3 Å². The molecule has 3 aliphatic rings. The largest absolute Gasteiger partial charge is 0.396 e. The molecule has 9 aromatic rings. The number of nitrogen functional groups attached to an aromatic ring is 1. The van der Waals surface area contributed by atoms with Crippen molar-refractivity contribution in [1.82, 2.24) is 4.98 Å². The highest BCUT2D eigenvalue weighted by Gasteiger charge is 2.38. The first-order chi connectivity index (χ1) is 34.0. The van der Waals surface area contributed by atoms with Crippen molar-refractivity contribution in [2.24, 2.45) is 10.7 Å². The molecule has 0 radical (unpaired) electrons. The third kappa shape index (κ3) is 7.00. The van der Waals surface area contributed by atoms with Gasteiger partial charge in [-0.1, -0.05) is 143 Å². The third-order valence-corrected chi connectivity index (χ3v) is 15.5. The van der Waals surface area contributed by atoms with Crippen LogP contribution in [0.25, 0.3) is 101 Å². The molecule has 1 aliphatic heterocycles. The van der Waals surface area contributed by atoms with Crippen molar-refractivity contribution in [2.45, 2.75) is 58.3 Å². The molecule has 12 rings (SSSR count). The van der Waals surface area contributed by atoms with Gasteiger partial charge in [-0.15, -0.1) is 0 Å². The van der Waals surface area contributed by atoms with Gasteiger partial charge in [0.1, 0.15) is 0 Å². The van der Waals surface area contributed by atoms with E-state index < -0.39 is 0 Å². The average Bonchev–Trinajstić information content (AvgIpc) is 3.76. The summed E-state index contributed by atoms with van der Waals surface area (Å²) < 4.78 is 0. The molecule has 70 heavy (non-hydrogen) atoms. The Morgan fingerprint density at radius 3 is 1.56 bits per heavy atom. The second kappa shape index (κ2) is 16.6. The van der Waals surface area contributed by atoms with Crippen LogP contribution < -0.4 is 11.5 Å². The number of benzene rings is 8. The van der Waals surface area contributed by atoms with Gasteiger partial charge in [0, 0.05) is 35.2 Å². The van der Waals surface area contributed by atoms with E-state index in [2.05, 4.69) is 185 Å². The fraction of sp³-hybridized carbons (Fsp3) is 0.152. The number of aliphatic imine (C=N–C) groups is 1. The zero-order valence-electron chi connectivity index (χ0n) is 40.6. The predicted molar refractivity (Wildman–Crippen MR) is 298 cm³/mol. The normalized spacial score (nSPS) is 14.8. The Balaban J connectivity index is 0.843. The lowest BCUT2D eigenvalue weighted by atomic mass is 9.79. The van der Waals surface area contributed by atoms with Crippen LogP contribution in [0, 0.1) is 0 Å². The Morgan fingerprint density at radius 2 is 1.03 bits per heavy atom. The van der Waals surface area contributed by atoms with Crippen molar-refractivity contribution in [1.29, 1.82) is 0 Å². The van der Waals surface area contributed by atoms with Gasteiger partial charge in [-0.25, -0.2) is 0 Å². The number of hydrogen-bond donors (Lipinski definition) is 2. The Kier molecular flexibility index (Phi) is 10.3. The fourth-order valence-corrected chi connectivity index (χ4v) is 11.7. The van der Waals surface area contributed by atoms with Gasteiger partial charge in [0.2, 0.25) is 0 Å². The van der Waals surface area contributed by atoms with E-state index in [4.69, 9.17) is 21.4 Å². The third-order valence-electron chi connectivity index (χ3n) is 15.5. The molecular weight excluding hydrogens is 849 g/mol. The molecule has 0 unspecified atom stereocenters. The summed E-state index contributed by atoms with van der Waals surface area (Å²) in [5.74, 6) is 0. The molecule has 0 saturated heterocycles. The molecule has 0 bridgehead atoms. The van der Waals surface area contributed by atoms with Crippen LogP contribution in [-0.4, -0.2) is 17.7 Å². The Morgan fingerprint density at radius 1 is 0.514 bits per heavy atom. The molecule has 0 amide bonds. The molecule has 1 aromatic heterocycles. The average molecular weight is 905 g/mol. The molecule has 4 nitrogen and oxygen atoms in total. The van der Waals surface area contributed by atoms with Gasteiger partial charge in [-0.05, 0) is 197 Å². The van der Waals surface area contributed by atoms with E-state index in [1.54, 1.807) is 0 Å². The Bertz CT molecular complexity index is 3730. The number of rotatable bonds is 8. The van der Waals surface area contributed by atoms with Crippen molar-refractivity contribution in [3.05, 3.63) is 209 Å². The summed E-state index contributed by atoms with van der Waals surface area (Å²) in [5, 5.41) is 1.05. The van der Waals surface area contributed by atoms with E-state index in [9.17, 15) is 0 Å². The number of nitrogens with zero attached hydrogens (tertiary/aromatic N) is 2. The van der Waals surface area contributed by atoms with Gasteiger partial charge in [0.25, 0.3) is 0 Å². The Labute approximate surface area is 411 Å². The maximum Gasteiger partial charge on any atom is 0.0943 e. The molecule has 0 atom stereocenters. The number of aryl methyl sites for hydroxylation is 1. The smallest absolute Gasteiger partial charge is 0.0943 e. The lowest BCUT2D eigenvalue weighted by Crippen LogP contribution is -2.15. The van der Waals surface area contributed by atoms with Gasteiger partial charge in [-0.2, -0.15) is 0 Å². The van der Waals surface area contributed by atoms with Gasteiger partial charge in [0.15, 0.2) is 0 Å². The van der Waals surface area contributed by atoms with Crippen molar-refractivity contribution in [3.63, 3.8) is 0 Å². The van der Waals surface area contributed by atoms with E-state index in [1.807, 2.05) is 37.6 Å². The van der Waals surface area contributed by atoms with E-state index >= 15 is 0 Å². The molecule has 0 saturated carbocycles. The van der Waals surface area contributed by atoms with Crippen molar-refractivity contribution in [3.8, 4) is 77.9 Å². The van der Waals surface area contributed by atoms with E-state index in [-0.39, 0.29) is 10.8 Å². The minimum atomic E-state index is -0.189. The summed E-state index contributed by atoms with van der Waals surface area (Å²) in [5.41, 5.74) is 40.9. The van der Waals surface area contributed by atoms with Crippen LogP contribution in [0.1, 0.15) is 80.0 Å². The first-order valence-corrected chi connectivity index (χ1v) is 24.7. The Hall–Kier alpha value is -7.92. The summed E-state index contributed by atoms with van der Waals surface area (Å²) >= 11 is 0. The number of pyridine rings is 1. The van der Waals surface area contributed by atoms with Crippen molar-refractivity contribution >= 4 is 40.6 Å². The standard InChI is InChI=1S/C66H56N4/c1-6-12-50-34-57(55-19-11-30-70-64(55)63(50)68)47-16-8-14-41(32-47)43-21-25-52-54-27-23-45(38-61(54)66(4,5)59(52)36-43)44-22-26-53-51-24-20-42(35-58(51)65(2,3)60(53)37-44)40-13-7-15-46(31-40)56-33-49-18-10-29-69-62(49)39-48(56)17-9-28-67/h6-9,11-17,19-27,29-39H,10,18,28,67-68H2,1-5H3/b12-6-,17-9-. The molecule has 2 aliphatic carbocycles.